The standard InChI is InChI=1S/C27H32FN3O3/c1-18-2-4-19(5-3-18)26(20-6-8-22(28)9-7-20)21-10-13-30(14-11-21)27(33)31-15-12-24-23(16-31)29-25(32)17-34-24/h2-9,21,23-24,26H,10-17H2,1H3,(H,29,32)/t23-,24+,26+/m1/s1. The van der Waals surface area contributed by atoms with E-state index in [1.165, 1.54) is 23.3 Å². The zero-order valence-electron chi connectivity index (χ0n) is 19.6. The summed E-state index contributed by atoms with van der Waals surface area (Å²) in [4.78, 5) is 28.8. The number of carbonyl (C=O) groups excluding carboxylic acids is 2. The van der Waals surface area contributed by atoms with E-state index in [4.69, 9.17) is 4.74 Å². The highest BCUT2D eigenvalue weighted by molar-refractivity contribution is 5.79. The Morgan fingerprint density at radius 3 is 2.26 bits per heavy atom. The van der Waals surface area contributed by atoms with Gasteiger partial charge in [-0.15, -0.1) is 0 Å². The zero-order chi connectivity index (χ0) is 23.7. The SMILES string of the molecule is Cc1ccc([C@@H](c2ccc(F)cc2)C2CCN(C(=O)N3CC[C@@H]4OCC(=O)N[C@@H]4C3)CC2)cc1. The van der Waals surface area contributed by atoms with Gasteiger partial charge in [0, 0.05) is 32.1 Å². The molecule has 3 heterocycles. The fourth-order valence-corrected chi connectivity index (χ4v) is 5.68. The first-order valence-corrected chi connectivity index (χ1v) is 12.2. The Kier molecular flexibility index (Phi) is 6.55. The van der Waals surface area contributed by atoms with Crippen molar-refractivity contribution in [2.24, 2.45) is 5.92 Å². The zero-order valence-corrected chi connectivity index (χ0v) is 19.6. The molecule has 3 aliphatic heterocycles. The monoisotopic (exact) mass is 465 g/mol. The normalized spacial score (nSPS) is 24.4. The first kappa shape index (κ1) is 22.8. The Balaban J connectivity index is 1.26. The molecule has 3 atom stereocenters. The third-order valence-electron chi connectivity index (χ3n) is 7.54. The molecule has 1 N–H and O–H groups in total. The number of ether oxygens (including phenoxy) is 1. The summed E-state index contributed by atoms with van der Waals surface area (Å²) >= 11 is 0. The van der Waals surface area contributed by atoms with Crippen LogP contribution in [-0.2, 0) is 9.53 Å². The Labute approximate surface area is 200 Å². The van der Waals surface area contributed by atoms with Crippen molar-refractivity contribution in [2.45, 2.75) is 44.2 Å². The second-order valence-electron chi connectivity index (χ2n) is 9.81. The summed E-state index contributed by atoms with van der Waals surface area (Å²) in [7, 11) is 0. The highest BCUT2D eigenvalue weighted by atomic mass is 19.1. The third-order valence-corrected chi connectivity index (χ3v) is 7.54. The fourth-order valence-electron chi connectivity index (χ4n) is 5.68. The number of amides is 3. The lowest BCUT2D eigenvalue weighted by atomic mass is 9.76. The number of halogens is 1. The predicted molar refractivity (Wildman–Crippen MR) is 127 cm³/mol. The quantitative estimate of drug-likeness (QED) is 0.752. The number of carbonyl (C=O) groups is 2. The lowest BCUT2D eigenvalue weighted by molar-refractivity contribution is -0.139. The Bertz CT molecular complexity index is 973. The molecule has 6 nitrogen and oxygen atoms in total. The van der Waals surface area contributed by atoms with Crippen LogP contribution in [0.2, 0.25) is 0 Å². The van der Waals surface area contributed by atoms with E-state index in [2.05, 4.69) is 36.5 Å². The molecule has 0 spiro atoms. The molecule has 0 aromatic heterocycles. The number of benzene rings is 2. The number of nitrogens with zero attached hydrogens (tertiary/aromatic N) is 2. The second kappa shape index (κ2) is 9.74. The maximum absolute atomic E-state index is 13.6. The number of hydrogen-bond acceptors (Lipinski definition) is 3. The molecule has 3 aliphatic rings. The molecule has 180 valence electrons. The van der Waals surface area contributed by atoms with Crippen LogP contribution in [0.4, 0.5) is 9.18 Å². The molecule has 34 heavy (non-hydrogen) atoms. The molecule has 5 rings (SSSR count). The number of likely N-dealkylation sites (tertiary alicyclic amines) is 2. The van der Waals surface area contributed by atoms with Crippen molar-refractivity contribution < 1.29 is 18.7 Å². The van der Waals surface area contributed by atoms with E-state index in [-0.39, 0.29) is 42.4 Å². The van der Waals surface area contributed by atoms with Gasteiger partial charge in [0.05, 0.1) is 12.1 Å². The van der Waals surface area contributed by atoms with Crippen LogP contribution in [0.5, 0.6) is 0 Å². The van der Waals surface area contributed by atoms with Gasteiger partial charge in [0.1, 0.15) is 12.4 Å². The number of piperidine rings is 2. The molecule has 3 amide bonds. The highest BCUT2D eigenvalue weighted by Crippen LogP contribution is 2.38. The summed E-state index contributed by atoms with van der Waals surface area (Å²) in [6, 6.07) is 15.4. The van der Waals surface area contributed by atoms with Gasteiger partial charge in [-0.05, 0) is 55.4 Å². The average Bonchev–Trinajstić information content (AvgIpc) is 2.86. The molecule has 0 aliphatic carbocycles. The Morgan fingerprint density at radius 1 is 0.971 bits per heavy atom. The van der Waals surface area contributed by atoms with Crippen LogP contribution in [0.25, 0.3) is 0 Å². The first-order valence-electron chi connectivity index (χ1n) is 12.2. The predicted octanol–water partition coefficient (Wildman–Crippen LogP) is 3.69. The van der Waals surface area contributed by atoms with Crippen LogP contribution < -0.4 is 5.32 Å². The Morgan fingerprint density at radius 2 is 1.59 bits per heavy atom. The van der Waals surface area contributed by atoms with E-state index in [9.17, 15) is 14.0 Å². The van der Waals surface area contributed by atoms with Gasteiger partial charge in [-0.3, -0.25) is 4.79 Å². The number of aryl methyl sites for hydroxylation is 1. The van der Waals surface area contributed by atoms with E-state index in [0.29, 0.717) is 32.1 Å². The van der Waals surface area contributed by atoms with Gasteiger partial charge in [0.2, 0.25) is 5.91 Å². The minimum Gasteiger partial charge on any atom is -0.366 e. The molecule has 0 unspecified atom stereocenters. The second-order valence-corrected chi connectivity index (χ2v) is 9.81. The van der Waals surface area contributed by atoms with Crippen LogP contribution in [0, 0.1) is 18.7 Å². The minimum absolute atomic E-state index is 0.00142. The van der Waals surface area contributed by atoms with Crippen LogP contribution in [0.3, 0.4) is 0 Å². The van der Waals surface area contributed by atoms with Crippen molar-refractivity contribution in [2.75, 3.05) is 32.8 Å². The van der Waals surface area contributed by atoms with Crippen molar-refractivity contribution in [1.29, 1.82) is 0 Å². The van der Waals surface area contributed by atoms with Gasteiger partial charge in [0.15, 0.2) is 0 Å². The molecular weight excluding hydrogens is 433 g/mol. The number of morpholine rings is 1. The van der Waals surface area contributed by atoms with Crippen molar-refractivity contribution >= 4 is 11.9 Å². The van der Waals surface area contributed by atoms with E-state index < -0.39 is 0 Å². The van der Waals surface area contributed by atoms with Gasteiger partial charge < -0.3 is 19.9 Å². The minimum atomic E-state index is -0.227. The summed E-state index contributed by atoms with van der Waals surface area (Å²) in [6.45, 7) is 4.72. The van der Waals surface area contributed by atoms with Crippen LogP contribution in [0.15, 0.2) is 48.5 Å². The maximum Gasteiger partial charge on any atom is 0.320 e. The summed E-state index contributed by atoms with van der Waals surface area (Å²) in [6.07, 6.45) is 2.52. The molecule has 0 bridgehead atoms. The van der Waals surface area contributed by atoms with Gasteiger partial charge in [-0.2, -0.15) is 0 Å². The molecule has 3 saturated heterocycles. The van der Waals surface area contributed by atoms with E-state index >= 15 is 0 Å². The van der Waals surface area contributed by atoms with Crippen LogP contribution >= 0.6 is 0 Å². The van der Waals surface area contributed by atoms with Crippen LogP contribution in [0.1, 0.15) is 41.9 Å². The first-order chi connectivity index (χ1) is 16.5. The summed E-state index contributed by atoms with van der Waals surface area (Å²) in [5.74, 6) is 0.201. The molecule has 0 radical (unpaired) electrons. The Hall–Kier alpha value is -2.93. The van der Waals surface area contributed by atoms with Gasteiger partial charge in [0.25, 0.3) is 0 Å². The number of rotatable bonds is 3. The maximum atomic E-state index is 13.6. The van der Waals surface area contributed by atoms with E-state index in [1.54, 1.807) is 0 Å². The topological polar surface area (TPSA) is 61.9 Å². The van der Waals surface area contributed by atoms with E-state index in [0.717, 1.165) is 24.8 Å². The third kappa shape index (κ3) is 4.80. The van der Waals surface area contributed by atoms with Crippen molar-refractivity contribution in [1.82, 2.24) is 15.1 Å². The van der Waals surface area contributed by atoms with Gasteiger partial charge in [-0.25, -0.2) is 9.18 Å². The summed E-state index contributed by atoms with van der Waals surface area (Å²) in [5.41, 5.74) is 3.56. The van der Waals surface area contributed by atoms with Gasteiger partial charge >= 0.3 is 6.03 Å². The van der Waals surface area contributed by atoms with Crippen LogP contribution in [-0.4, -0.2) is 66.7 Å². The molecule has 0 saturated carbocycles. The summed E-state index contributed by atoms with van der Waals surface area (Å²) < 4.78 is 19.2. The lowest BCUT2D eigenvalue weighted by Gasteiger charge is -2.44. The van der Waals surface area contributed by atoms with E-state index in [1.807, 2.05) is 21.9 Å². The number of urea groups is 1. The number of fused-ring (bicyclic) bond motifs is 1. The number of nitrogens with one attached hydrogen (secondary N) is 1. The largest absolute Gasteiger partial charge is 0.366 e. The fraction of sp³-hybridized carbons (Fsp3) is 0.481. The summed E-state index contributed by atoms with van der Waals surface area (Å²) in [5, 5.41) is 2.97. The van der Waals surface area contributed by atoms with Crippen molar-refractivity contribution in [3.8, 4) is 0 Å². The molecular formula is C27H32FN3O3. The molecule has 7 heteroatoms. The molecule has 2 aromatic rings. The van der Waals surface area contributed by atoms with Gasteiger partial charge in [-0.1, -0.05) is 42.0 Å². The average molecular weight is 466 g/mol. The van der Waals surface area contributed by atoms with Crippen molar-refractivity contribution in [3.63, 3.8) is 0 Å². The van der Waals surface area contributed by atoms with Crippen molar-refractivity contribution in [3.05, 3.63) is 71.0 Å². The molecule has 3 fully saturated rings. The smallest absolute Gasteiger partial charge is 0.320 e. The number of hydrogen-bond donors (Lipinski definition) is 1. The molecule has 2 aromatic carbocycles. The highest BCUT2D eigenvalue weighted by Gasteiger charge is 2.38. The lowest BCUT2D eigenvalue weighted by Crippen LogP contribution is -2.62.